The van der Waals surface area contributed by atoms with E-state index >= 15 is 0 Å². The summed E-state index contributed by atoms with van der Waals surface area (Å²) in [6, 6.07) is 9.35. The van der Waals surface area contributed by atoms with Crippen LogP contribution in [0.1, 0.15) is 30.4 Å². The normalized spacial score (nSPS) is 30.6. The highest BCUT2D eigenvalue weighted by Crippen LogP contribution is 2.25. The van der Waals surface area contributed by atoms with Gasteiger partial charge in [-0.1, -0.05) is 29.8 Å². The highest BCUT2D eigenvalue weighted by molar-refractivity contribution is 5.86. The number of rotatable bonds is 2. The summed E-state index contributed by atoms with van der Waals surface area (Å²) in [4.78, 5) is 4.76. The fraction of sp³-hybridized carbons (Fsp3) is 0.533. The average Bonchev–Trinajstić information content (AvgIpc) is 2.73. The van der Waals surface area contributed by atoms with Crippen LogP contribution in [0.15, 0.2) is 29.3 Å². The van der Waals surface area contributed by atoms with E-state index in [4.69, 9.17) is 4.99 Å². The van der Waals surface area contributed by atoms with Gasteiger partial charge in [-0.3, -0.25) is 4.99 Å². The van der Waals surface area contributed by atoms with Gasteiger partial charge in [0.2, 0.25) is 0 Å². The van der Waals surface area contributed by atoms with Crippen LogP contribution in [0.4, 0.5) is 0 Å². The Kier molecular flexibility index (Phi) is 3.08. The van der Waals surface area contributed by atoms with Crippen molar-refractivity contribution in [1.82, 2.24) is 5.32 Å². The zero-order valence-electron chi connectivity index (χ0n) is 10.8. The molecule has 96 valence electrons. The number of benzene rings is 1. The fourth-order valence-electron chi connectivity index (χ4n) is 2.89. The highest BCUT2D eigenvalue weighted by atomic mass is 16.3. The molecule has 0 amide bonds. The minimum Gasteiger partial charge on any atom is -0.393 e. The maximum atomic E-state index is 9.67. The first kappa shape index (κ1) is 11.7. The molecule has 0 saturated heterocycles. The van der Waals surface area contributed by atoms with E-state index in [1.54, 1.807) is 0 Å². The molecule has 3 atom stereocenters. The van der Waals surface area contributed by atoms with Gasteiger partial charge in [-0.2, -0.15) is 0 Å². The SMILES string of the molecule is Cc1ccc(CC2=NC3CCC(O)CC3N2)cc1. The number of amidine groups is 1. The van der Waals surface area contributed by atoms with Crippen LogP contribution in [-0.2, 0) is 6.42 Å². The van der Waals surface area contributed by atoms with Crippen molar-refractivity contribution in [3.63, 3.8) is 0 Å². The van der Waals surface area contributed by atoms with Crippen molar-refractivity contribution < 1.29 is 5.11 Å². The molecule has 3 heteroatoms. The van der Waals surface area contributed by atoms with Crippen molar-refractivity contribution in [1.29, 1.82) is 0 Å². The van der Waals surface area contributed by atoms with Crippen molar-refractivity contribution in [3.05, 3.63) is 35.4 Å². The first-order chi connectivity index (χ1) is 8.70. The number of aryl methyl sites for hydroxylation is 1. The molecule has 1 aromatic carbocycles. The molecule has 3 rings (SSSR count). The molecule has 0 radical (unpaired) electrons. The van der Waals surface area contributed by atoms with E-state index in [-0.39, 0.29) is 6.10 Å². The summed E-state index contributed by atoms with van der Waals surface area (Å²) in [7, 11) is 0. The lowest BCUT2D eigenvalue weighted by Gasteiger charge is -2.27. The highest BCUT2D eigenvalue weighted by Gasteiger charge is 2.34. The molecule has 1 aliphatic carbocycles. The number of fused-ring (bicyclic) bond motifs is 1. The topological polar surface area (TPSA) is 44.6 Å². The molecular weight excluding hydrogens is 224 g/mol. The minimum absolute atomic E-state index is 0.146. The van der Waals surface area contributed by atoms with Gasteiger partial charge in [0.25, 0.3) is 0 Å². The molecular formula is C15H20N2O. The van der Waals surface area contributed by atoms with E-state index < -0.39 is 0 Å². The summed E-state index contributed by atoms with van der Waals surface area (Å²) >= 11 is 0. The molecule has 1 aliphatic heterocycles. The zero-order chi connectivity index (χ0) is 12.5. The van der Waals surface area contributed by atoms with E-state index in [0.717, 1.165) is 31.5 Å². The summed E-state index contributed by atoms with van der Waals surface area (Å²) in [5.74, 6) is 1.09. The molecule has 2 N–H and O–H groups in total. The number of aliphatic hydroxyl groups excluding tert-OH is 1. The van der Waals surface area contributed by atoms with E-state index in [9.17, 15) is 5.11 Å². The maximum absolute atomic E-state index is 9.67. The third-order valence-electron chi connectivity index (χ3n) is 3.95. The van der Waals surface area contributed by atoms with Gasteiger partial charge in [-0.25, -0.2) is 0 Å². The maximum Gasteiger partial charge on any atom is 0.101 e. The number of hydrogen-bond acceptors (Lipinski definition) is 3. The second-order valence-corrected chi connectivity index (χ2v) is 5.52. The Balaban J connectivity index is 1.66. The van der Waals surface area contributed by atoms with Crippen LogP contribution in [0.5, 0.6) is 0 Å². The van der Waals surface area contributed by atoms with E-state index in [2.05, 4.69) is 36.5 Å². The Hall–Kier alpha value is -1.35. The molecule has 1 saturated carbocycles. The molecule has 3 nitrogen and oxygen atoms in total. The standard InChI is InChI=1S/C15H20N2O/c1-10-2-4-11(5-3-10)8-15-16-13-7-6-12(18)9-14(13)17-15/h2-5,12-14,18H,6-9H2,1H3,(H,16,17). The van der Waals surface area contributed by atoms with Gasteiger partial charge in [0.05, 0.1) is 18.2 Å². The summed E-state index contributed by atoms with van der Waals surface area (Å²) < 4.78 is 0. The molecule has 0 bridgehead atoms. The molecule has 0 aromatic heterocycles. The Bertz CT molecular complexity index is 452. The molecule has 2 aliphatic rings. The van der Waals surface area contributed by atoms with Gasteiger partial charge >= 0.3 is 0 Å². The molecule has 1 fully saturated rings. The molecule has 1 aromatic rings. The fourth-order valence-corrected chi connectivity index (χ4v) is 2.89. The van der Waals surface area contributed by atoms with Crippen LogP contribution in [0.3, 0.4) is 0 Å². The Morgan fingerprint density at radius 2 is 2.06 bits per heavy atom. The van der Waals surface area contributed by atoms with Gasteiger partial charge in [0.1, 0.15) is 5.84 Å². The van der Waals surface area contributed by atoms with E-state index in [1.807, 2.05) is 0 Å². The van der Waals surface area contributed by atoms with Gasteiger partial charge in [-0.15, -0.1) is 0 Å². The lowest BCUT2D eigenvalue weighted by molar-refractivity contribution is 0.112. The van der Waals surface area contributed by atoms with Crippen LogP contribution < -0.4 is 5.32 Å². The van der Waals surface area contributed by atoms with Crippen molar-refractivity contribution in [3.8, 4) is 0 Å². The van der Waals surface area contributed by atoms with E-state index in [0.29, 0.717) is 12.1 Å². The number of aliphatic hydroxyl groups is 1. The first-order valence-corrected chi connectivity index (χ1v) is 6.77. The van der Waals surface area contributed by atoms with Crippen LogP contribution in [-0.4, -0.2) is 29.1 Å². The third-order valence-corrected chi connectivity index (χ3v) is 3.95. The molecule has 1 heterocycles. The zero-order valence-corrected chi connectivity index (χ0v) is 10.8. The predicted molar refractivity (Wildman–Crippen MR) is 72.9 cm³/mol. The predicted octanol–water partition coefficient (Wildman–Crippen LogP) is 1.82. The Morgan fingerprint density at radius 1 is 1.28 bits per heavy atom. The van der Waals surface area contributed by atoms with Gasteiger partial charge in [0, 0.05) is 6.42 Å². The number of hydrogen-bond donors (Lipinski definition) is 2. The van der Waals surface area contributed by atoms with Gasteiger partial charge < -0.3 is 10.4 Å². The summed E-state index contributed by atoms with van der Waals surface area (Å²) in [6.07, 6.45) is 3.47. The quantitative estimate of drug-likeness (QED) is 0.833. The summed E-state index contributed by atoms with van der Waals surface area (Å²) in [5, 5.41) is 13.1. The largest absolute Gasteiger partial charge is 0.393 e. The molecule has 3 unspecified atom stereocenters. The van der Waals surface area contributed by atoms with Crippen molar-refractivity contribution in [2.75, 3.05) is 0 Å². The number of aliphatic imine (C=N–C) groups is 1. The average molecular weight is 244 g/mol. The van der Waals surface area contributed by atoms with Crippen LogP contribution in [0.2, 0.25) is 0 Å². The lowest BCUT2D eigenvalue weighted by atomic mass is 9.90. The van der Waals surface area contributed by atoms with E-state index in [1.165, 1.54) is 11.1 Å². The second kappa shape index (κ2) is 4.73. The number of nitrogens with zero attached hydrogens (tertiary/aromatic N) is 1. The second-order valence-electron chi connectivity index (χ2n) is 5.52. The minimum atomic E-state index is -0.146. The van der Waals surface area contributed by atoms with Crippen molar-refractivity contribution >= 4 is 5.84 Å². The first-order valence-electron chi connectivity index (χ1n) is 6.77. The lowest BCUT2D eigenvalue weighted by Crippen LogP contribution is -2.41. The summed E-state index contributed by atoms with van der Waals surface area (Å²) in [5.41, 5.74) is 2.59. The summed E-state index contributed by atoms with van der Waals surface area (Å²) in [6.45, 7) is 2.10. The molecule has 0 spiro atoms. The van der Waals surface area contributed by atoms with Gasteiger partial charge in [-0.05, 0) is 31.7 Å². The Labute approximate surface area is 108 Å². The van der Waals surface area contributed by atoms with Crippen molar-refractivity contribution in [2.24, 2.45) is 4.99 Å². The van der Waals surface area contributed by atoms with Crippen LogP contribution in [0.25, 0.3) is 0 Å². The third kappa shape index (κ3) is 2.41. The van der Waals surface area contributed by atoms with Crippen LogP contribution in [0, 0.1) is 6.92 Å². The van der Waals surface area contributed by atoms with Gasteiger partial charge in [0.15, 0.2) is 0 Å². The van der Waals surface area contributed by atoms with Crippen LogP contribution >= 0.6 is 0 Å². The smallest absolute Gasteiger partial charge is 0.101 e. The molecule has 18 heavy (non-hydrogen) atoms. The monoisotopic (exact) mass is 244 g/mol. The Morgan fingerprint density at radius 3 is 2.83 bits per heavy atom. The number of nitrogens with one attached hydrogen (secondary N) is 1. The van der Waals surface area contributed by atoms with Crippen molar-refractivity contribution in [2.45, 2.75) is 50.8 Å².